The third-order valence-electron chi connectivity index (χ3n) is 6.47. The summed E-state index contributed by atoms with van der Waals surface area (Å²) >= 11 is 0. The minimum absolute atomic E-state index is 0.0170. The smallest absolute Gasteiger partial charge is 0.226 e. The minimum atomic E-state index is -0.0362. The molecule has 0 saturated carbocycles. The number of carbonyl (C=O) groups excluding carboxylic acids is 1. The van der Waals surface area contributed by atoms with Crippen molar-refractivity contribution in [3.8, 4) is 0 Å². The lowest BCUT2D eigenvalue weighted by molar-refractivity contribution is -0.125. The molecule has 1 aromatic rings. The summed E-state index contributed by atoms with van der Waals surface area (Å²) in [5.74, 6) is 0.107. The molecule has 30 heavy (non-hydrogen) atoms. The Labute approximate surface area is 179 Å². The topological polar surface area (TPSA) is 86.9 Å². The first-order valence-electron chi connectivity index (χ1n) is 11.2. The second kappa shape index (κ2) is 9.72. The molecule has 1 amide bonds. The van der Waals surface area contributed by atoms with E-state index in [4.69, 9.17) is 9.57 Å². The number of amides is 1. The third-order valence-corrected chi connectivity index (χ3v) is 6.47. The fourth-order valence-electron chi connectivity index (χ4n) is 4.71. The van der Waals surface area contributed by atoms with Crippen molar-refractivity contribution >= 4 is 5.91 Å². The first-order valence-corrected chi connectivity index (χ1v) is 11.2. The average molecular weight is 418 g/mol. The van der Waals surface area contributed by atoms with Gasteiger partial charge in [0.05, 0.1) is 12.0 Å². The normalized spacial score (nSPS) is 31.2. The molecule has 2 saturated heterocycles. The van der Waals surface area contributed by atoms with E-state index in [0.29, 0.717) is 0 Å². The van der Waals surface area contributed by atoms with Crippen LogP contribution < -0.4 is 21.5 Å². The zero-order valence-electron chi connectivity index (χ0n) is 18.2. The molecule has 4 unspecified atom stereocenters. The molecule has 4 N–H and O–H groups in total. The van der Waals surface area contributed by atoms with Gasteiger partial charge in [0.1, 0.15) is 12.4 Å². The predicted octanol–water partition coefficient (Wildman–Crippen LogP) is 1.51. The number of methoxy groups -OCH3 is 1. The van der Waals surface area contributed by atoms with Gasteiger partial charge in [-0.3, -0.25) is 20.4 Å². The largest absolute Gasteiger partial charge is 0.385 e. The van der Waals surface area contributed by atoms with Crippen LogP contribution in [-0.4, -0.2) is 50.0 Å². The SMILES string of the molecule is CCC1NC(c2ccc3c(c2)CC[C@H]3NC(=O)C2CN(CCCOC)NC2C)NO1. The van der Waals surface area contributed by atoms with Crippen LogP contribution in [0.4, 0.5) is 0 Å². The Bertz CT molecular complexity index is 745. The van der Waals surface area contributed by atoms with Gasteiger partial charge in [0.15, 0.2) is 0 Å². The molecule has 1 aliphatic carbocycles. The van der Waals surface area contributed by atoms with Crippen molar-refractivity contribution in [3.63, 3.8) is 0 Å². The molecule has 0 bridgehead atoms. The van der Waals surface area contributed by atoms with Crippen LogP contribution in [0.2, 0.25) is 0 Å². The fourth-order valence-corrected chi connectivity index (χ4v) is 4.71. The Hall–Kier alpha value is -1.55. The number of nitrogens with zero attached hydrogens (tertiary/aromatic N) is 1. The summed E-state index contributed by atoms with van der Waals surface area (Å²) < 4.78 is 5.13. The number of rotatable bonds is 8. The van der Waals surface area contributed by atoms with Gasteiger partial charge in [-0.1, -0.05) is 25.1 Å². The van der Waals surface area contributed by atoms with Crippen molar-refractivity contribution in [3.05, 3.63) is 34.9 Å². The summed E-state index contributed by atoms with van der Waals surface area (Å²) in [7, 11) is 1.72. The van der Waals surface area contributed by atoms with Gasteiger partial charge in [0.25, 0.3) is 0 Å². The maximum absolute atomic E-state index is 13.0. The molecule has 5 atom stereocenters. The molecule has 8 nitrogen and oxygen atoms in total. The Morgan fingerprint density at radius 1 is 1.40 bits per heavy atom. The van der Waals surface area contributed by atoms with Gasteiger partial charge < -0.3 is 10.1 Å². The predicted molar refractivity (Wildman–Crippen MR) is 114 cm³/mol. The van der Waals surface area contributed by atoms with Crippen LogP contribution in [0.1, 0.15) is 62.0 Å². The molecule has 0 radical (unpaired) electrons. The average Bonchev–Trinajstić information content (AvgIpc) is 3.46. The van der Waals surface area contributed by atoms with Crippen LogP contribution in [0.15, 0.2) is 18.2 Å². The standard InChI is InChI=1S/C22H35N5O3/c1-4-20-24-21(26-30-20)16-6-8-17-15(12-16)7-9-19(17)23-22(28)18-13-27(25-14(18)2)10-5-11-29-3/h6,8,12,14,18-21,24-26H,4-5,7,9-11,13H2,1-3H3,(H,23,28)/t14?,18?,19-,20?,21?/m1/s1. The van der Waals surface area contributed by atoms with E-state index in [1.54, 1.807) is 7.11 Å². The lowest BCUT2D eigenvalue weighted by Gasteiger charge is -2.19. The maximum atomic E-state index is 13.0. The van der Waals surface area contributed by atoms with Crippen molar-refractivity contribution < 1.29 is 14.4 Å². The number of benzene rings is 1. The number of hydrogen-bond acceptors (Lipinski definition) is 7. The van der Waals surface area contributed by atoms with Crippen molar-refractivity contribution in [1.82, 2.24) is 26.5 Å². The lowest BCUT2D eigenvalue weighted by Crippen LogP contribution is -2.39. The summed E-state index contributed by atoms with van der Waals surface area (Å²) in [5.41, 5.74) is 10.2. The Morgan fingerprint density at radius 2 is 2.27 bits per heavy atom. The molecule has 2 aliphatic heterocycles. The van der Waals surface area contributed by atoms with Crippen molar-refractivity contribution in [1.29, 1.82) is 0 Å². The van der Waals surface area contributed by atoms with E-state index >= 15 is 0 Å². The van der Waals surface area contributed by atoms with E-state index in [0.717, 1.165) is 45.4 Å². The van der Waals surface area contributed by atoms with Crippen LogP contribution in [0, 0.1) is 5.92 Å². The quantitative estimate of drug-likeness (QED) is 0.477. The third kappa shape index (κ3) is 4.69. The molecule has 2 fully saturated rings. The first kappa shape index (κ1) is 21.7. The van der Waals surface area contributed by atoms with Crippen LogP contribution in [0.5, 0.6) is 0 Å². The molecule has 166 valence electrons. The van der Waals surface area contributed by atoms with Crippen molar-refractivity contribution in [2.24, 2.45) is 5.92 Å². The molecule has 0 aromatic heterocycles. The number of aryl methyl sites for hydroxylation is 1. The zero-order chi connectivity index (χ0) is 21.1. The number of hydrazine groups is 1. The van der Waals surface area contributed by atoms with E-state index in [-0.39, 0.29) is 36.3 Å². The number of hydroxylamine groups is 1. The monoisotopic (exact) mass is 417 g/mol. The molecule has 4 rings (SSSR count). The highest BCUT2D eigenvalue weighted by atomic mass is 16.7. The van der Waals surface area contributed by atoms with Crippen LogP contribution >= 0.6 is 0 Å². The van der Waals surface area contributed by atoms with E-state index in [9.17, 15) is 4.79 Å². The number of fused-ring (bicyclic) bond motifs is 1. The van der Waals surface area contributed by atoms with E-state index < -0.39 is 0 Å². The molecular formula is C22H35N5O3. The van der Waals surface area contributed by atoms with Crippen LogP contribution in [0.3, 0.4) is 0 Å². The summed E-state index contributed by atoms with van der Waals surface area (Å²) in [4.78, 5) is 18.5. The minimum Gasteiger partial charge on any atom is -0.385 e. The molecule has 2 heterocycles. The summed E-state index contributed by atoms with van der Waals surface area (Å²) in [6.07, 6.45) is 3.88. The van der Waals surface area contributed by atoms with E-state index in [1.807, 2.05) is 0 Å². The molecule has 0 spiro atoms. The van der Waals surface area contributed by atoms with Gasteiger partial charge in [-0.05, 0) is 49.3 Å². The summed E-state index contributed by atoms with van der Waals surface area (Å²) in [6.45, 7) is 6.55. The van der Waals surface area contributed by atoms with Gasteiger partial charge >= 0.3 is 0 Å². The first-order chi connectivity index (χ1) is 14.6. The number of ether oxygens (including phenoxy) is 1. The van der Waals surface area contributed by atoms with E-state index in [2.05, 4.69) is 58.6 Å². The van der Waals surface area contributed by atoms with Crippen LogP contribution in [-0.2, 0) is 20.8 Å². The van der Waals surface area contributed by atoms with Gasteiger partial charge in [-0.2, -0.15) is 5.48 Å². The van der Waals surface area contributed by atoms with Gasteiger partial charge in [-0.15, -0.1) is 0 Å². The maximum Gasteiger partial charge on any atom is 0.226 e. The molecule has 1 aromatic carbocycles. The summed E-state index contributed by atoms with van der Waals surface area (Å²) in [5, 5.41) is 8.90. The highest BCUT2D eigenvalue weighted by Crippen LogP contribution is 2.34. The Balaban J connectivity index is 1.34. The van der Waals surface area contributed by atoms with Gasteiger partial charge in [0, 0.05) is 32.8 Å². The van der Waals surface area contributed by atoms with Crippen molar-refractivity contribution in [2.45, 2.75) is 64.0 Å². The van der Waals surface area contributed by atoms with Gasteiger partial charge in [-0.25, -0.2) is 5.01 Å². The Morgan fingerprint density at radius 3 is 3.03 bits per heavy atom. The fraction of sp³-hybridized carbons (Fsp3) is 0.682. The highest BCUT2D eigenvalue weighted by molar-refractivity contribution is 5.80. The molecule has 8 heteroatoms. The second-order valence-electron chi connectivity index (χ2n) is 8.61. The second-order valence-corrected chi connectivity index (χ2v) is 8.61. The summed E-state index contributed by atoms with van der Waals surface area (Å²) in [6, 6.07) is 6.78. The van der Waals surface area contributed by atoms with E-state index in [1.165, 1.54) is 16.7 Å². The lowest BCUT2D eigenvalue weighted by atomic mass is 10.00. The van der Waals surface area contributed by atoms with Gasteiger partial charge in [0.2, 0.25) is 5.91 Å². The number of hydrogen-bond donors (Lipinski definition) is 4. The molecular weight excluding hydrogens is 382 g/mol. The number of carbonyl (C=O) groups is 1. The molecule has 3 aliphatic rings. The zero-order valence-corrected chi connectivity index (χ0v) is 18.2. The van der Waals surface area contributed by atoms with Crippen LogP contribution in [0.25, 0.3) is 0 Å². The van der Waals surface area contributed by atoms with Crippen molar-refractivity contribution in [2.75, 3.05) is 26.8 Å². The highest BCUT2D eigenvalue weighted by Gasteiger charge is 2.36. The Kier molecular flexibility index (Phi) is 7.02. The number of nitrogens with one attached hydrogen (secondary N) is 4.